The molecule has 152 valence electrons. The first-order valence-corrected chi connectivity index (χ1v) is 11.0. The van der Waals surface area contributed by atoms with Crippen LogP contribution in [-0.4, -0.2) is 31.6 Å². The van der Waals surface area contributed by atoms with E-state index in [1.54, 1.807) is 62.6 Å². The zero-order valence-electron chi connectivity index (χ0n) is 15.4. The summed E-state index contributed by atoms with van der Waals surface area (Å²) in [4.78, 5) is 12.2. The van der Waals surface area contributed by atoms with Crippen molar-refractivity contribution in [2.45, 2.75) is 17.3 Å². The monoisotopic (exact) mass is 452 g/mol. The molecule has 0 saturated carbocycles. The second kappa shape index (κ2) is 8.87. The minimum atomic E-state index is -3.91. The Morgan fingerprint density at radius 3 is 2.38 bits per heavy atom. The Hall–Kier alpha value is -2.53. The largest absolute Gasteiger partial charge is 0.497 e. The summed E-state index contributed by atoms with van der Waals surface area (Å²) in [5, 5.41) is 10.5. The third-order valence-electron chi connectivity index (χ3n) is 3.91. The van der Waals surface area contributed by atoms with Crippen molar-refractivity contribution in [2.75, 3.05) is 12.4 Å². The second-order valence-electron chi connectivity index (χ2n) is 5.95. The highest BCUT2D eigenvalue weighted by Gasteiger charge is 2.24. The summed E-state index contributed by atoms with van der Waals surface area (Å²) in [7, 11) is -2.36. The van der Waals surface area contributed by atoms with Crippen LogP contribution in [0, 0.1) is 0 Å². The van der Waals surface area contributed by atoms with Crippen LogP contribution in [0.1, 0.15) is 28.9 Å². The summed E-state index contributed by atoms with van der Waals surface area (Å²) in [5.74, 6) is 0.232. The van der Waals surface area contributed by atoms with Crippen molar-refractivity contribution in [3.05, 3.63) is 64.7 Å². The first-order valence-electron chi connectivity index (χ1n) is 8.35. The standard InChI is InChI=1S/C18H17ClN4O4S2/c1-11(12-5-9-15(27-2)10-6-12)23-29(25,26)18-22-21-17(28-18)20-16(24)13-3-7-14(19)8-4-13/h3-11,23H,1-2H3,(H,20,21,24)/t11-/m0/s1. The molecule has 1 aromatic heterocycles. The smallest absolute Gasteiger partial charge is 0.270 e. The molecule has 3 aromatic rings. The molecule has 0 aliphatic carbocycles. The molecule has 11 heteroatoms. The van der Waals surface area contributed by atoms with Crippen molar-refractivity contribution >= 4 is 44.0 Å². The number of aromatic nitrogens is 2. The number of nitrogens with zero attached hydrogens (tertiary/aromatic N) is 2. The normalized spacial score (nSPS) is 12.4. The Morgan fingerprint density at radius 1 is 1.10 bits per heavy atom. The van der Waals surface area contributed by atoms with Crippen molar-refractivity contribution in [3.8, 4) is 5.75 Å². The van der Waals surface area contributed by atoms with E-state index >= 15 is 0 Å². The molecule has 0 spiro atoms. The van der Waals surface area contributed by atoms with Gasteiger partial charge in [-0.05, 0) is 48.9 Å². The van der Waals surface area contributed by atoms with Crippen LogP contribution in [0.25, 0.3) is 0 Å². The molecule has 0 saturated heterocycles. The summed E-state index contributed by atoms with van der Waals surface area (Å²) < 4.78 is 32.6. The van der Waals surface area contributed by atoms with Gasteiger partial charge in [-0.1, -0.05) is 35.1 Å². The van der Waals surface area contributed by atoms with Gasteiger partial charge in [-0.25, -0.2) is 13.1 Å². The molecule has 29 heavy (non-hydrogen) atoms. The van der Waals surface area contributed by atoms with Crippen LogP contribution in [0.2, 0.25) is 5.02 Å². The molecule has 0 unspecified atom stereocenters. The van der Waals surface area contributed by atoms with E-state index < -0.39 is 22.0 Å². The molecule has 0 radical (unpaired) electrons. The van der Waals surface area contributed by atoms with Crippen molar-refractivity contribution in [1.29, 1.82) is 0 Å². The van der Waals surface area contributed by atoms with E-state index in [1.165, 1.54) is 0 Å². The summed E-state index contributed by atoms with van der Waals surface area (Å²) in [6.07, 6.45) is 0. The lowest BCUT2D eigenvalue weighted by Gasteiger charge is -2.13. The van der Waals surface area contributed by atoms with Gasteiger partial charge in [-0.2, -0.15) is 0 Å². The lowest BCUT2D eigenvalue weighted by atomic mass is 10.1. The topological polar surface area (TPSA) is 110 Å². The van der Waals surface area contributed by atoms with Crippen LogP contribution in [0.3, 0.4) is 0 Å². The molecule has 1 heterocycles. The van der Waals surface area contributed by atoms with Crippen molar-refractivity contribution in [2.24, 2.45) is 0 Å². The summed E-state index contributed by atoms with van der Waals surface area (Å²) in [6.45, 7) is 1.71. The number of nitrogens with one attached hydrogen (secondary N) is 2. The summed E-state index contributed by atoms with van der Waals surface area (Å²) in [6, 6.07) is 12.8. The van der Waals surface area contributed by atoms with Crippen LogP contribution in [-0.2, 0) is 10.0 Å². The SMILES string of the molecule is COc1ccc([C@H](C)NS(=O)(=O)c2nnc(NC(=O)c3ccc(Cl)cc3)s2)cc1. The lowest BCUT2D eigenvalue weighted by Crippen LogP contribution is -2.26. The van der Waals surface area contributed by atoms with Gasteiger partial charge in [0.15, 0.2) is 0 Å². The number of anilines is 1. The molecule has 1 amide bonds. The fourth-order valence-corrected chi connectivity index (χ4v) is 4.65. The molecule has 2 N–H and O–H groups in total. The van der Waals surface area contributed by atoms with E-state index in [-0.39, 0.29) is 9.47 Å². The van der Waals surface area contributed by atoms with Gasteiger partial charge in [0.25, 0.3) is 15.9 Å². The number of amides is 1. The van der Waals surface area contributed by atoms with Gasteiger partial charge in [0.1, 0.15) is 5.75 Å². The fourth-order valence-electron chi connectivity index (χ4n) is 2.38. The zero-order chi connectivity index (χ0) is 21.0. The van der Waals surface area contributed by atoms with Crippen LogP contribution in [0.4, 0.5) is 5.13 Å². The number of hydrogen-bond acceptors (Lipinski definition) is 7. The highest BCUT2D eigenvalue weighted by Crippen LogP contribution is 2.24. The van der Waals surface area contributed by atoms with E-state index in [1.807, 2.05) is 0 Å². The Bertz CT molecular complexity index is 1100. The van der Waals surface area contributed by atoms with Crippen molar-refractivity contribution in [3.63, 3.8) is 0 Å². The number of halogens is 1. The predicted octanol–water partition coefficient (Wildman–Crippen LogP) is 3.49. The fraction of sp³-hybridized carbons (Fsp3) is 0.167. The van der Waals surface area contributed by atoms with Crippen molar-refractivity contribution < 1.29 is 17.9 Å². The van der Waals surface area contributed by atoms with E-state index in [0.717, 1.165) is 16.9 Å². The quantitative estimate of drug-likeness (QED) is 0.531. The number of rotatable bonds is 7. The molecule has 1 atom stereocenters. The molecule has 0 fully saturated rings. The van der Waals surface area contributed by atoms with Crippen LogP contribution >= 0.6 is 22.9 Å². The van der Waals surface area contributed by atoms with E-state index in [4.69, 9.17) is 16.3 Å². The average molecular weight is 453 g/mol. The highest BCUT2D eigenvalue weighted by atomic mass is 35.5. The number of ether oxygens (including phenoxy) is 1. The van der Waals surface area contributed by atoms with Gasteiger partial charge >= 0.3 is 0 Å². The minimum absolute atomic E-state index is 0.0717. The van der Waals surface area contributed by atoms with E-state index in [2.05, 4.69) is 20.2 Å². The van der Waals surface area contributed by atoms with Gasteiger partial charge in [0.05, 0.1) is 7.11 Å². The zero-order valence-corrected chi connectivity index (χ0v) is 17.8. The second-order valence-corrected chi connectivity index (χ2v) is 9.25. The van der Waals surface area contributed by atoms with E-state index in [9.17, 15) is 13.2 Å². The maximum atomic E-state index is 12.6. The molecule has 8 nitrogen and oxygen atoms in total. The molecule has 2 aromatic carbocycles. The van der Waals surface area contributed by atoms with Gasteiger partial charge < -0.3 is 4.74 Å². The third kappa shape index (κ3) is 5.30. The van der Waals surface area contributed by atoms with Gasteiger partial charge in [0.2, 0.25) is 9.47 Å². The van der Waals surface area contributed by atoms with Gasteiger partial charge in [0, 0.05) is 16.6 Å². The number of carbonyl (C=O) groups excluding carboxylic acids is 1. The Morgan fingerprint density at radius 2 is 1.76 bits per heavy atom. The maximum Gasteiger partial charge on any atom is 0.270 e. The highest BCUT2D eigenvalue weighted by molar-refractivity contribution is 7.91. The van der Waals surface area contributed by atoms with Gasteiger partial charge in [-0.15, -0.1) is 10.2 Å². The number of carbonyl (C=O) groups is 1. The Labute approximate surface area is 176 Å². The number of benzene rings is 2. The lowest BCUT2D eigenvalue weighted by molar-refractivity contribution is 0.102. The van der Waals surface area contributed by atoms with Crippen molar-refractivity contribution in [1.82, 2.24) is 14.9 Å². The van der Waals surface area contributed by atoms with Crippen LogP contribution in [0.5, 0.6) is 5.75 Å². The predicted molar refractivity (Wildman–Crippen MR) is 111 cm³/mol. The minimum Gasteiger partial charge on any atom is -0.497 e. The Balaban J connectivity index is 1.69. The number of sulfonamides is 1. The number of methoxy groups -OCH3 is 1. The first kappa shape index (κ1) is 21.2. The first-order chi connectivity index (χ1) is 13.8. The number of hydrogen-bond donors (Lipinski definition) is 2. The summed E-state index contributed by atoms with van der Waals surface area (Å²) >= 11 is 6.56. The average Bonchev–Trinajstić information content (AvgIpc) is 3.17. The van der Waals surface area contributed by atoms with Crippen LogP contribution in [0.15, 0.2) is 52.9 Å². The Kier molecular flexibility index (Phi) is 6.48. The summed E-state index contributed by atoms with van der Waals surface area (Å²) in [5.41, 5.74) is 1.12. The molecular formula is C18H17ClN4O4S2. The molecule has 0 bridgehead atoms. The maximum absolute atomic E-state index is 12.6. The molecule has 0 aliphatic heterocycles. The van der Waals surface area contributed by atoms with Crippen LogP contribution < -0.4 is 14.8 Å². The molecule has 0 aliphatic rings. The van der Waals surface area contributed by atoms with Gasteiger partial charge in [-0.3, -0.25) is 10.1 Å². The molecular weight excluding hydrogens is 436 g/mol. The molecule has 3 rings (SSSR count). The van der Waals surface area contributed by atoms with E-state index in [0.29, 0.717) is 16.3 Å². The third-order valence-corrected chi connectivity index (χ3v) is 6.91.